The van der Waals surface area contributed by atoms with Crippen molar-refractivity contribution in [1.82, 2.24) is 55.5 Å². The number of hydrogen-bond acceptors (Lipinski definition) is 9. The zero-order valence-electron chi connectivity index (χ0n) is 31.7. The van der Waals surface area contributed by atoms with E-state index in [4.69, 9.17) is 0 Å². The number of likely N-dealkylation sites (tertiary alicyclic amines) is 1. The Morgan fingerprint density at radius 2 is 1.66 bits per heavy atom. The Bertz CT molecular complexity index is 2210. The Morgan fingerprint density at radius 1 is 0.893 bits per heavy atom. The van der Waals surface area contributed by atoms with E-state index in [0.29, 0.717) is 64.2 Å². The van der Waals surface area contributed by atoms with Crippen molar-refractivity contribution < 1.29 is 14.4 Å². The second-order valence-electron chi connectivity index (χ2n) is 15.4. The highest BCUT2D eigenvalue weighted by atomic mass is 16.2. The van der Waals surface area contributed by atoms with Crippen LogP contribution in [0.4, 0.5) is 10.5 Å². The van der Waals surface area contributed by atoms with Gasteiger partial charge in [0.1, 0.15) is 12.1 Å². The second kappa shape index (κ2) is 16.5. The molecule has 294 valence electrons. The smallest absolute Gasteiger partial charge is 0.327 e. The molecule has 5 aromatic rings. The summed E-state index contributed by atoms with van der Waals surface area (Å²) in [5.74, 6) is -0.194. The number of hydrogen-bond donors (Lipinski definition) is 5. The van der Waals surface area contributed by atoms with Crippen molar-refractivity contribution >= 4 is 45.6 Å². The zero-order valence-corrected chi connectivity index (χ0v) is 31.7. The molecule has 0 bridgehead atoms. The molecule has 1 aromatic carbocycles. The SMILES string of the molecule is Cc1cc(C[C@H](NC(=O)N2CCC(n3c(=O)[nH]c4ncccc43)CC2)C(=O)N[C@@H](CC2CCNCC2)C(=O)N2CCN(c3ccncc3)CC2)cc2cn[nH]c12. The lowest BCUT2D eigenvalue weighted by molar-refractivity contribution is -0.137. The number of imidazole rings is 1. The van der Waals surface area contributed by atoms with E-state index in [2.05, 4.69) is 46.0 Å². The monoisotopic (exact) mass is 762 g/mol. The predicted octanol–water partition coefficient (Wildman–Crippen LogP) is 2.49. The standard InChI is InChI=1S/C40H50N12O4/c1-26-21-28(22-29-25-44-48-35(26)29)24-32(46-39(55)51-15-8-31(9-16-51)52-34-3-2-10-43-36(34)47-40(52)56)37(53)45-33(23-27-4-11-41-12-5-27)38(54)50-19-17-49(18-20-50)30-6-13-42-14-7-30/h2-3,6-7,10,13-14,21-22,25,27,31-33,41H,4-5,8-9,11-12,15-20,23-24H2,1H3,(H,44,48)(H,45,53)(H,46,55)(H,43,47,56)/t32-,33-/m0/s1. The molecule has 4 amide bonds. The minimum atomic E-state index is -0.946. The van der Waals surface area contributed by atoms with Crippen molar-refractivity contribution in [3.05, 3.63) is 82.8 Å². The summed E-state index contributed by atoms with van der Waals surface area (Å²) in [5.41, 5.74) is 4.91. The Balaban J connectivity index is 0.989. The molecular weight excluding hydrogens is 713 g/mol. The number of pyridine rings is 2. The molecular formula is C40H50N12O4. The minimum absolute atomic E-state index is 0.0863. The molecule has 0 saturated carbocycles. The Hall–Kier alpha value is -5.77. The number of amides is 4. The van der Waals surface area contributed by atoms with Gasteiger partial charge in [-0.05, 0) is 99.5 Å². The van der Waals surface area contributed by atoms with Crippen molar-refractivity contribution in [1.29, 1.82) is 0 Å². The van der Waals surface area contributed by atoms with E-state index in [0.717, 1.165) is 59.2 Å². The van der Waals surface area contributed by atoms with E-state index in [1.54, 1.807) is 40.3 Å². The number of carbonyl (C=O) groups excluding carboxylic acids is 3. The number of H-pyrrole nitrogens is 2. The van der Waals surface area contributed by atoms with Gasteiger partial charge in [-0.3, -0.25) is 29.2 Å². The van der Waals surface area contributed by atoms with Gasteiger partial charge >= 0.3 is 11.7 Å². The summed E-state index contributed by atoms with van der Waals surface area (Å²) >= 11 is 0. The van der Waals surface area contributed by atoms with Gasteiger partial charge < -0.3 is 30.7 Å². The maximum absolute atomic E-state index is 14.5. The van der Waals surface area contributed by atoms with Crippen LogP contribution in [0.1, 0.15) is 49.3 Å². The highest BCUT2D eigenvalue weighted by molar-refractivity contribution is 5.92. The maximum atomic E-state index is 14.5. The fraction of sp³-hybridized carbons (Fsp3) is 0.475. The molecule has 3 saturated heterocycles. The Morgan fingerprint density at radius 3 is 2.43 bits per heavy atom. The van der Waals surface area contributed by atoms with Crippen LogP contribution >= 0.6 is 0 Å². The van der Waals surface area contributed by atoms with E-state index >= 15 is 0 Å². The van der Waals surface area contributed by atoms with Gasteiger partial charge in [0.05, 0.1) is 17.2 Å². The first-order valence-corrected chi connectivity index (χ1v) is 19.8. The molecule has 0 aliphatic carbocycles. The number of piperazine rings is 1. The first-order chi connectivity index (χ1) is 27.3. The highest BCUT2D eigenvalue weighted by Crippen LogP contribution is 2.26. The van der Waals surface area contributed by atoms with E-state index in [1.165, 1.54) is 0 Å². The first-order valence-electron chi connectivity index (χ1n) is 19.8. The maximum Gasteiger partial charge on any atom is 0.327 e. The minimum Gasteiger partial charge on any atom is -0.368 e. The third kappa shape index (κ3) is 8.10. The number of nitrogens with one attached hydrogen (secondary N) is 5. The van der Waals surface area contributed by atoms with Crippen LogP contribution in [0.3, 0.4) is 0 Å². The molecule has 2 atom stereocenters. The fourth-order valence-electron chi connectivity index (χ4n) is 8.67. The van der Waals surface area contributed by atoms with Crippen LogP contribution in [0.25, 0.3) is 22.1 Å². The molecule has 0 unspecified atom stereocenters. The molecule has 5 N–H and O–H groups in total. The normalized spacial score (nSPS) is 18.3. The highest BCUT2D eigenvalue weighted by Gasteiger charge is 2.35. The molecule has 0 radical (unpaired) electrons. The molecule has 7 heterocycles. The van der Waals surface area contributed by atoms with Crippen LogP contribution in [0.15, 0.2) is 66.0 Å². The van der Waals surface area contributed by atoms with Gasteiger partial charge in [0.2, 0.25) is 11.8 Å². The van der Waals surface area contributed by atoms with Crippen molar-refractivity contribution in [3.8, 4) is 0 Å². The van der Waals surface area contributed by atoms with Gasteiger partial charge in [-0.1, -0.05) is 6.07 Å². The number of rotatable bonds is 10. The molecule has 3 fully saturated rings. The molecule has 4 aromatic heterocycles. The molecule has 56 heavy (non-hydrogen) atoms. The predicted molar refractivity (Wildman–Crippen MR) is 212 cm³/mol. The molecule has 3 aliphatic rings. The third-order valence-corrected chi connectivity index (χ3v) is 11.7. The quantitative estimate of drug-likeness (QED) is 0.142. The van der Waals surface area contributed by atoms with E-state index < -0.39 is 18.0 Å². The van der Waals surface area contributed by atoms with Crippen molar-refractivity contribution in [2.24, 2.45) is 5.92 Å². The number of benzene rings is 1. The molecule has 0 spiro atoms. The van der Waals surface area contributed by atoms with Gasteiger partial charge in [-0.25, -0.2) is 14.6 Å². The van der Waals surface area contributed by atoms with Crippen LogP contribution in [0.5, 0.6) is 0 Å². The molecule has 8 rings (SSSR count). The van der Waals surface area contributed by atoms with Crippen LogP contribution in [-0.2, 0) is 16.0 Å². The Kier molecular flexibility index (Phi) is 11.0. The lowest BCUT2D eigenvalue weighted by Crippen LogP contribution is -2.59. The number of fused-ring (bicyclic) bond motifs is 2. The number of aromatic nitrogens is 6. The number of urea groups is 1. The van der Waals surface area contributed by atoms with Gasteiger partial charge in [0.25, 0.3) is 0 Å². The van der Waals surface area contributed by atoms with Crippen molar-refractivity contribution in [3.63, 3.8) is 0 Å². The average Bonchev–Trinajstić information content (AvgIpc) is 3.85. The van der Waals surface area contributed by atoms with Gasteiger partial charge in [-0.2, -0.15) is 5.10 Å². The number of nitrogens with zero attached hydrogens (tertiary/aromatic N) is 7. The summed E-state index contributed by atoms with van der Waals surface area (Å²) in [4.78, 5) is 72.7. The van der Waals surface area contributed by atoms with Gasteiger partial charge in [0, 0.05) is 81.4 Å². The van der Waals surface area contributed by atoms with Gasteiger partial charge in [-0.15, -0.1) is 0 Å². The fourth-order valence-corrected chi connectivity index (χ4v) is 8.67. The lowest BCUT2D eigenvalue weighted by Gasteiger charge is -2.38. The Labute approximate surface area is 324 Å². The summed E-state index contributed by atoms with van der Waals surface area (Å²) in [7, 11) is 0. The molecule has 16 heteroatoms. The topological polar surface area (TPSA) is 189 Å². The van der Waals surface area contributed by atoms with E-state index in [9.17, 15) is 19.2 Å². The van der Waals surface area contributed by atoms with Gasteiger partial charge in [0.15, 0.2) is 5.65 Å². The van der Waals surface area contributed by atoms with Crippen LogP contribution in [0, 0.1) is 12.8 Å². The summed E-state index contributed by atoms with van der Waals surface area (Å²) in [5, 5.41) is 17.8. The number of piperidine rings is 2. The summed E-state index contributed by atoms with van der Waals surface area (Å²) < 4.78 is 1.74. The van der Waals surface area contributed by atoms with Crippen LogP contribution in [0.2, 0.25) is 0 Å². The summed E-state index contributed by atoms with van der Waals surface area (Å²) in [6, 6.07) is 9.49. The number of aryl methyl sites for hydroxylation is 1. The largest absolute Gasteiger partial charge is 0.368 e. The number of aromatic amines is 2. The molecule has 16 nitrogen and oxygen atoms in total. The first kappa shape index (κ1) is 37.2. The van der Waals surface area contributed by atoms with E-state index in [-0.39, 0.29) is 36.0 Å². The summed E-state index contributed by atoms with van der Waals surface area (Å²) in [6.45, 7) is 7.00. The number of anilines is 1. The average molecular weight is 763 g/mol. The lowest BCUT2D eigenvalue weighted by atomic mass is 9.90. The van der Waals surface area contributed by atoms with Crippen LogP contribution < -0.4 is 26.5 Å². The number of carbonyl (C=O) groups is 3. The zero-order chi connectivity index (χ0) is 38.6. The summed E-state index contributed by atoms with van der Waals surface area (Å²) in [6.07, 6.45) is 10.7. The van der Waals surface area contributed by atoms with E-state index in [1.807, 2.05) is 42.2 Å². The third-order valence-electron chi connectivity index (χ3n) is 11.7. The van der Waals surface area contributed by atoms with Crippen molar-refractivity contribution in [2.75, 3.05) is 57.3 Å². The second-order valence-corrected chi connectivity index (χ2v) is 15.4. The molecule has 3 aliphatic heterocycles. The van der Waals surface area contributed by atoms with Crippen LogP contribution in [-0.4, -0.2) is 122 Å². The van der Waals surface area contributed by atoms with Crippen molar-refractivity contribution in [2.45, 2.75) is 63.6 Å².